The molecule has 0 radical (unpaired) electrons. The summed E-state index contributed by atoms with van der Waals surface area (Å²) in [7, 11) is 0. The molecule has 0 aromatic carbocycles. The van der Waals surface area contributed by atoms with Crippen LogP contribution in [0.1, 0.15) is 90.1 Å². The van der Waals surface area contributed by atoms with E-state index in [4.69, 9.17) is 9.47 Å². The number of nitrogens with one attached hydrogen (secondary N) is 2. The molecule has 0 aliphatic carbocycles. The average Bonchev–Trinajstić information content (AvgIpc) is 2.93. The number of carboxylic acids is 2. The molecular formula is C31H44N6O9S2. The zero-order valence-corrected chi connectivity index (χ0v) is 29.9. The SMILES string of the molecule is CC(=O)N[C@@H](CSC(CC(=O)CC(SC[C@H](NC(C)=O)C(=O)O)c1cncc(OC(C)(C)C)n1)c1cncc(OC(C)(C)C)n1)C(=O)O. The number of carbonyl (C=O) groups excluding carboxylic acids is 3. The van der Waals surface area contributed by atoms with Crippen LogP contribution in [0.15, 0.2) is 24.8 Å². The van der Waals surface area contributed by atoms with Crippen molar-refractivity contribution in [3.8, 4) is 11.8 Å². The first-order valence-corrected chi connectivity index (χ1v) is 17.1. The summed E-state index contributed by atoms with van der Waals surface area (Å²) in [4.78, 5) is 78.3. The molecule has 2 rings (SSSR count). The number of ether oxygens (including phenoxy) is 2. The van der Waals surface area contributed by atoms with Crippen molar-refractivity contribution in [3.63, 3.8) is 0 Å². The molecule has 0 saturated carbocycles. The van der Waals surface area contributed by atoms with Gasteiger partial charge in [-0.15, -0.1) is 23.5 Å². The minimum atomic E-state index is -1.24. The van der Waals surface area contributed by atoms with E-state index in [1.165, 1.54) is 38.6 Å². The lowest BCUT2D eigenvalue weighted by molar-refractivity contribution is -0.141. The molecule has 2 heterocycles. The van der Waals surface area contributed by atoms with Crippen molar-refractivity contribution < 1.29 is 43.7 Å². The number of rotatable bonds is 18. The molecule has 0 aliphatic heterocycles. The van der Waals surface area contributed by atoms with Crippen LogP contribution in [0, 0.1) is 0 Å². The van der Waals surface area contributed by atoms with E-state index in [1.54, 1.807) is 0 Å². The second-order valence-electron chi connectivity index (χ2n) is 12.8. The normalized spacial score (nSPS) is 14.2. The number of carbonyl (C=O) groups is 5. The lowest BCUT2D eigenvalue weighted by atomic mass is 10.1. The minimum Gasteiger partial charge on any atom is -0.480 e. The third kappa shape index (κ3) is 15.3. The lowest BCUT2D eigenvalue weighted by Crippen LogP contribution is -2.41. The van der Waals surface area contributed by atoms with Crippen LogP contribution in [-0.2, 0) is 24.0 Å². The van der Waals surface area contributed by atoms with E-state index in [9.17, 15) is 34.2 Å². The highest BCUT2D eigenvalue weighted by Crippen LogP contribution is 2.37. The van der Waals surface area contributed by atoms with E-state index in [2.05, 4.69) is 30.6 Å². The van der Waals surface area contributed by atoms with Gasteiger partial charge in [0, 0.05) is 50.6 Å². The zero-order valence-electron chi connectivity index (χ0n) is 28.3. The Morgan fingerprint density at radius 2 is 1.04 bits per heavy atom. The van der Waals surface area contributed by atoms with E-state index >= 15 is 0 Å². The summed E-state index contributed by atoms with van der Waals surface area (Å²) in [5.74, 6) is -3.52. The molecule has 0 saturated heterocycles. The maximum atomic E-state index is 13.8. The predicted octanol–water partition coefficient (Wildman–Crippen LogP) is 3.40. The number of nitrogens with zero attached hydrogens (tertiary/aromatic N) is 4. The molecule has 0 bridgehead atoms. The topological polar surface area (TPSA) is 220 Å². The molecule has 2 unspecified atom stereocenters. The molecule has 0 aliphatic rings. The van der Waals surface area contributed by atoms with Crippen molar-refractivity contribution in [2.75, 3.05) is 11.5 Å². The summed E-state index contributed by atoms with van der Waals surface area (Å²) in [6, 6.07) is -2.45. The van der Waals surface area contributed by atoms with E-state index in [-0.39, 0.29) is 41.9 Å². The maximum Gasteiger partial charge on any atom is 0.327 e. The van der Waals surface area contributed by atoms with Crippen LogP contribution >= 0.6 is 23.5 Å². The Bertz CT molecular complexity index is 1340. The molecule has 264 valence electrons. The van der Waals surface area contributed by atoms with Crippen LogP contribution in [0.3, 0.4) is 0 Å². The minimum absolute atomic E-state index is 0.0776. The second-order valence-corrected chi connectivity index (χ2v) is 15.2. The number of ketones is 1. The largest absolute Gasteiger partial charge is 0.480 e. The van der Waals surface area contributed by atoms with Crippen LogP contribution in [0.25, 0.3) is 0 Å². The van der Waals surface area contributed by atoms with Crippen LogP contribution in [-0.4, -0.2) is 94.5 Å². The van der Waals surface area contributed by atoms with Gasteiger partial charge in [0.2, 0.25) is 23.6 Å². The molecule has 48 heavy (non-hydrogen) atoms. The molecule has 2 amide bonds. The molecule has 2 aromatic heterocycles. The summed E-state index contributed by atoms with van der Waals surface area (Å²) >= 11 is 2.23. The standard InChI is InChI=1S/C31H44N6O9S2/c1-17(38)34-22(28(41)42)15-47-24(20-11-32-13-26(36-20)45-30(3,4)5)9-19(40)10-25(48-16-23(29(43)44)35-18(2)39)21-12-33-14-27(37-21)46-31(6,7)8/h11-14,22-25H,9-10,15-16H2,1-8H3,(H,34,38)(H,35,39)(H,41,42)(H,43,44)/t22-,23-,24?,25?/m0/s1. The van der Waals surface area contributed by atoms with Gasteiger partial charge in [-0.3, -0.25) is 24.4 Å². The number of aromatic nitrogens is 4. The Labute approximate surface area is 288 Å². The number of thioether (sulfide) groups is 2. The number of carboxylic acid groups (broad SMARTS) is 2. The molecule has 4 atom stereocenters. The smallest absolute Gasteiger partial charge is 0.327 e. The van der Waals surface area contributed by atoms with E-state index in [0.717, 1.165) is 23.5 Å². The van der Waals surface area contributed by atoms with Gasteiger partial charge < -0.3 is 30.3 Å². The Morgan fingerprint density at radius 1 is 0.688 bits per heavy atom. The zero-order chi connectivity index (χ0) is 36.2. The summed E-state index contributed by atoms with van der Waals surface area (Å²) in [6.07, 6.45) is 5.54. The predicted molar refractivity (Wildman–Crippen MR) is 180 cm³/mol. The number of Topliss-reactive ketones (excluding diaryl/α,β-unsaturated/α-hetero) is 1. The van der Waals surface area contributed by atoms with Gasteiger partial charge >= 0.3 is 11.9 Å². The summed E-state index contributed by atoms with van der Waals surface area (Å²) in [5.41, 5.74) is -0.452. The first kappa shape index (κ1) is 40.2. The highest BCUT2D eigenvalue weighted by molar-refractivity contribution is 7.99. The van der Waals surface area contributed by atoms with E-state index in [1.807, 2.05) is 41.5 Å². The van der Waals surface area contributed by atoms with Crippen LogP contribution < -0.4 is 20.1 Å². The molecule has 17 heteroatoms. The van der Waals surface area contributed by atoms with Crippen LogP contribution in [0.4, 0.5) is 0 Å². The fraction of sp³-hybridized carbons (Fsp3) is 0.581. The van der Waals surface area contributed by atoms with Crippen molar-refractivity contribution in [3.05, 3.63) is 36.2 Å². The Hall–Kier alpha value is -3.99. The number of amides is 2. The van der Waals surface area contributed by atoms with Gasteiger partial charge in [0.1, 0.15) is 29.1 Å². The van der Waals surface area contributed by atoms with E-state index < -0.39 is 57.5 Å². The van der Waals surface area contributed by atoms with Gasteiger partial charge in [-0.1, -0.05) is 0 Å². The summed E-state index contributed by atoms with van der Waals surface area (Å²) in [6.45, 7) is 13.5. The summed E-state index contributed by atoms with van der Waals surface area (Å²) in [5, 5.41) is 22.7. The fourth-order valence-electron chi connectivity index (χ4n) is 4.02. The van der Waals surface area contributed by atoms with Gasteiger partial charge in [-0.25, -0.2) is 19.6 Å². The quantitative estimate of drug-likeness (QED) is 0.174. The molecular weight excluding hydrogens is 665 g/mol. The van der Waals surface area contributed by atoms with Crippen LogP contribution in [0.2, 0.25) is 0 Å². The summed E-state index contributed by atoms with van der Waals surface area (Å²) < 4.78 is 11.7. The van der Waals surface area contributed by atoms with Crippen molar-refractivity contribution >= 4 is 53.1 Å². The fourth-order valence-corrected chi connectivity index (χ4v) is 6.50. The highest BCUT2D eigenvalue weighted by Gasteiger charge is 2.29. The molecule has 2 aromatic rings. The van der Waals surface area contributed by atoms with Gasteiger partial charge in [-0.2, -0.15) is 0 Å². The van der Waals surface area contributed by atoms with Gasteiger partial charge in [0.25, 0.3) is 0 Å². The highest BCUT2D eigenvalue weighted by atomic mass is 32.2. The van der Waals surface area contributed by atoms with Gasteiger partial charge in [-0.05, 0) is 41.5 Å². The first-order valence-electron chi connectivity index (χ1n) is 15.0. The number of hydrogen-bond acceptors (Lipinski definition) is 13. The number of aliphatic carboxylic acids is 2. The molecule has 0 fully saturated rings. The molecule has 15 nitrogen and oxygen atoms in total. The second kappa shape index (κ2) is 18.0. The van der Waals surface area contributed by atoms with Crippen molar-refractivity contribution in [1.82, 2.24) is 30.6 Å². The Kier molecular flexibility index (Phi) is 15.0. The van der Waals surface area contributed by atoms with Gasteiger partial charge in [0.05, 0.1) is 34.3 Å². The van der Waals surface area contributed by atoms with Gasteiger partial charge in [0.15, 0.2) is 0 Å². The third-order valence-electron chi connectivity index (χ3n) is 5.85. The third-order valence-corrected chi connectivity index (χ3v) is 8.52. The van der Waals surface area contributed by atoms with Crippen molar-refractivity contribution in [2.45, 2.75) is 102 Å². The average molecular weight is 709 g/mol. The van der Waals surface area contributed by atoms with Crippen molar-refractivity contribution in [1.29, 1.82) is 0 Å². The van der Waals surface area contributed by atoms with Crippen LogP contribution in [0.5, 0.6) is 11.8 Å². The Balaban J connectivity index is 2.43. The van der Waals surface area contributed by atoms with E-state index in [0.29, 0.717) is 11.4 Å². The lowest BCUT2D eigenvalue weighted by Gasteiger charge is -2.23. The Morgan fingerprint density at radius 3 is 1.33 bits per heavy atom. The number of hydrogen-bond donors (Lipinski definition) is 4. The molecule has 4 N–H and O–H groups in total. The monoisotopic (exact) mass is 708 g/mol. The maximum absolute atomic E-state index is 13.8. The van der Waals surface area contributed by atoms with Crippen molar-refractivity contribution in [2.24, 2.45) is 0 Å². The molecule has 0 spiro atoms. The first-order chi connectivity index (χ1) is 22.2.